The molecule has 0 radical (unpaired) electrons. The Bertz CT molecular complexity index is 1020. The maximum absolute atomic E-state index is 13.5. The first kappa shape index (κ1) is 18.4. The lowest BCUT2D eigenvalue weighted by Crippen LogP contribution is -2.42. The fraction of sp³-hybridized carbons (Fsp3) is 0.350. The summed E-state index contributed by atoms with van der Waals surface area (Å²) >= 11 is 1.69. The van der Waals surface area contributed by atoms with Crippen LogP contribution in [0.1, 0.15) is 26.3 Å². The number of para-hydroxylation sites is 1. The number of anilines is 2. The van der Waals surface area contributed by atoms with Crippen LogP contribution in [0.5, 0.6) is 0 Å². The zero-order valence-corrected chi connectivity index (χ0v) is 17.2. The molecule has 0 aliphatic carbocycles. The van der Waals surface area contributed by atoms with Crippen molar-refractivity contribution < 1.29 is 13.2 Å². The monoisotopic (exact) mass is 402 g/mol. The maximum Gasteiger partial charge on any atom is 0.264 e. The van der Waals surface area contributed by atoms with Crippen molar-refractivity contribution in [3.8, 4) is 0 Å². The first-order chi connectivity index (χ1) is 12.8. The number of amides is 1. The van der Waals surface area contributed by atoms with Gasteiger partial charge in [-0.1, -0.05) is 12.1 Å². The van der Waals surface area contributed by atoms with Crippen LogP contribution in [-0.4, -0.2) is 32.2 Å². The minimum atomic E-state index is -3.68. The molecule has 27 heavy (non-hydrogen) atoms. The highest BCUT2D eigenvalue weighted by molar-refractivity contribution is 8.00. The van der Waals surface area contributed by atoms with Gasteiger partial charge in [-0.2, -0.15) is 0 Å². The van der Waals surface area contributed by atoms with Crippen molar-refractivity contribution in [3.63, 3.8) is 0 Å². The molecular formula is C20H22N2O3S2. The predicted octanol–water partition coefficient (Wildman–Crippen LogP) is 3.67. The number of fused-ring (bicyclic) bond motifs is 2. The summed E-state index contributed by atoms with van der Waals surface area (Å²) in [7, 11) is -3.68. The number of hydrogen-bond donors (Lipinski definition) is 0. The molecule has 0 saturated carbocycles. The molecule has 2 heterocycles. The van der Waals surface area contributed by atoms with Crippen LogP contribution in [-0.2, 0) is 21.2 Å². The first-order valence-electron chi connectivity index (χ1n) is 8.99. The second-order valence-electron chi connectivity index (χ2n) is 7.16. The standard InChI is InChI=1S/C20H22N2O3S2/c1-13-10-16-11-17(8-9-18(16)21(13)15(3)23)27(24,25)22-14(2)12-26-20-7-5-4-6-19(20)22/h4-9,11,13-14H,10,12H2,1-3H3/t13-,14+/m0/s1. The van der Waals surface area contributed by atoms with E-state index in [9.17, 15) is 13.2 Å². The lowest BCUT2D eigenvalue weighted by Gasteiger charge is -2.35. The number of thioether (sulfide) groups is 1. The van der Waals surface area contributed by atoms with Crippen molar-refractivity contribution in [2.24, 2.45) is 0 Å². The zero-order chi connectivity index (χ0) is 19.3. The number of rotatable bonds is 2. The number of carbonyl (C=O) groups excluding carboxylic acids is 1. The summed E-state index contributed by atoms with van der Waals surface area (Å²) in [5, 5.41) is 0. The van der Waals surface area contributed by atoms with Gasteiger partial charge in [0, 0.05) is 29.3 Å². The Labute approximate surface area is 164 Å². The third-order valence-corrected chi connectivity index (χ3v) is 8.38. The predicted molar refractivity (Wildman–Crippen MR) is 109 cm³/mol. The number of benzene rings is 2. The summed E-state index contributed by atoms with van der Waals surface area (Å²) in [6, 6.07) is 12.7. The van der Waals surface area contributed by atoms with E-state index in [0.29, 0.717) is 6.42 Å². The summed E-state index contributed by atoms with van der Waals surface area (Å²) in [5.74, 6) is 0.698. The second kappa shape index (κ2) is 6.56. The van der Waals surface area contributed by atoms with Gasteiger partial charge in [0.1, 0.15) is 0 Å². The van der Waals surface area contributed by atoms with Gasteiger partial charge in [-0.3, -0.25) is 9.10 Å². The largest absolute Gasteiger partial charge is 0.309 e. The van der Waals surface area contributed by atoms with E-state index in [4.69, 9.17) is 0 Å². The van der Waals surface area contributed by atoms with Crippen molar-refractivity contribution >= 4 is 39.1 Å². The number of carbonyl (C=O) groups is 1. The van der Waals surface area contributed by atoms with Crippen LogP contribution in [0.4, 0.5) is 11.4 Å². The van der Waals surface area contributed by atoms with Crippen LogP contribution >= 0.6 is 11.8 Å². The van der Waals surface area contributed by atoms with Crippen LogP contribution in [0.3, 0.4) is 0 Å². The van der Waals surface area contributed by atoms with Gasteiger partial charge in [0.25, 0.3) is 10.0 Å². The highest BCUT2D eigenvalue weighted by atomic mass is 32.2. The van der Waals surface area contributed by atoms with Gasteiger partial charge >= 0.3 is 0 Å². The molecule has 0 saturated heterocycles. The average Bonchev–Trinajstić information content (AvgIpc) is 2.96. The molecule has 4 rings (SSSR count). The SMILES string of the molecule is CC(=O)N1c2ccc(S(=O)(=O)N3c4ccccc4SC[C@H]3C)cc2C[C@@H]1C. The quantitative estimate of drug-likeness (QED) is 0.769. The Morgan fingerprint density at radius 1 is 1.07 bits per heavy atom. The smallest absolute Gasteiger partial charge is 0.264 e. The molecule has 0 aromatic heterocycles. The third kappa shape index (κ3) is 2.93. The Morgan fingerprint density at radius 3 is 2.56 bits per heavy atom. The third-order valence-electron chi connectivity index (χ3n) is 5.15. The van der Waals surface area contributed by atoms with E-state index >= 15 is 0 Å². The van der Waals surface area contributed by atoms with E-state index in [1.54, 1.807) is 46.1 Å². The molecule has 2 aliphatic heterocycles. The van der Waals surface area contributed by atoms with E-state index < -0.39 is 10.0 Å². The van der Waals surface area contributed by atoms with Gasteiger partial charge < -0.3 is 4.90 Å². The lowest BCUT2D eigenvalue weighted by molar-refractivity contribution is -0.116. The van der Waals surface area contributed by atoms with E-state index in [0.717, 1.165) is 27.6 Å². The summed E-state index contributed by atoms with van der Waals surface area (Å²) in [5.41, 5.74) is 2.46. The van der Waals surface area contributed by atoms with Gasteiger partial charge in [0.2, 0.25) is 5.91 Å². The van der Waals surface area contributed by atoms with Gasteiger partial charge in [-0.05, 0) is 56.2 Å². The summed E-state index contributed by atoms with van der Waals surface area (Å²) < 4.78 is 28.5. The maximum atomic E-state index is 13.5. The summed E-state index contributed by atoms with van der Waals surface area (Å²) in [6.45, 7) is 5.46. The van der Waals surface area contributed by atoms with Crippen molar-refractivity contribution in [2.45, 2.75) is 49.1 Å². The van der Waals surface area contributed by atoms with Crippen LogP contribution in [0, 0.1) is 0 Å². The molecule has 2 aromatic rings. The van der Waals surface area contributed by atoms with Crippen molar-refractivity contribution in [1.29, 1.82) is 0 Å². The number of sulfonamides is 1. The highest BCUT2D eigenvalue weighted by Gasteiger charge is 2.36. The average molecular weight is 403 g/mol. The molecule has 1 amide bonds. The molecule has 2 atom stereocenters. The molecule has 2 aliphatic rings. The van der Waals surface area contributed by atoms with Crippen LogP contribution in [0.15, 0.2) is 52.3 Å². The Hall–Kier alpha value is -1.99. The lowest BCUT2D eigenvalue weighted by atomic mass is 10.1. The fourth-order valence-electron chi connectivity index (χ4n) is 4.00. The molecule has 2 aromatic carbocycles. The molecule has 0 unspecified atom stereocenters. The minimum absolute atomic E-state index is 0.0209. The van der Waals surface area contributed by atoms with Gasteiger partial charge in [0.15, 0.2) is 0 Å². The summed E-state index contributed by atoms with van der Waals surface area (Å²) in [6.07, 6.45) is 0.667. The molecule has 0 N–H and O–H groups in total. The van der Waals surface area contributed by atoms with Crippen molar-refractivity contribution in [2.75, 3.05) is 15.0 Å². The highest BCUT2D eigenvalue weighted by Crippen LogP contribution is 2.41. The fourth-order valence-corrected chi connectivity index (χ4v) is 6.94. The van der Waals surface area contributed by atoms with Gasteiger partial charge in [0.05, 0.1) is 16.6 Å². The van der Waals surface area contributed by atoms with Crippen molar-refractivity contribution in [1.82, 2.24) is 0 Å². The Balaban J connectivity index is 1.78. The zero-order valence-electron chi connectivity index (χ0n) is 15.5. The van der Waals surface area contributed by atoms with Crippen LogP contribution < -0.4 is 9.21 Å². The molecule has 0 spiro atoms. The molecule has 7 heteroatoms. The number of hydrogen-bond acceptors (Lipinski definition) is 4. The van der Waals surface area contributed by atoms with E-state index in [1.807, 2.05) is 38.1 Å². The first-order valence-corrected chi connectivity index (χ1v) is 11.4. The van der Waals surface area contributed by atoms with E-state index in [2.05, 4.69) is 0 Å². The topological polar surface area (TPSA) is 57.7 Å². The second-order valence-corrected chi connectivity index (χ2v) is 10.0. The molecule has 142 valence electrons. The normalized spacial score (nSPS) is 21.7. The van der Waals surface area contributed by atoms with E-state index in [-0.39, 0.29) is 22.9 Å². The van der Waals surface area contributed by atoms with Crippen molar-refractivity contribution in [3.05, 3.63) is 48.0 Å². The Kier molecular flexibility index (Phi) is 4.47. The van der Waals surface area contributed by atoms with Crippen LogP contribution in [0.25, 0.3) is 0 Å². The molecular weight excluding hydrogens is 380 g/mol. The van der Waals surface area contributed by atoms with Crippen LogP contribution in [0.2, 0.25) is 0 Å². The number of nitrogens with zero attached hydrogens (tertiary/aromatic N) is 2. The summed E-state index contributed by atoms with van der Waals surface area (Å²) in [4.78, 5) is 14.9. The molecule has 0 fully saturated rings. The van der Waals surface area contributed by atoms with E-state index in [1.165, 1.54) is 0 Å². The minimum Gasteiger partial charge on any atom is -0.309 e. The van der Waals surface area contributed by atoms with Gasteiger partial charge in [-0.15, -0.1) is 11.8 Å². The molecule has 0 bridgehead atoms. The Morgan fingerprint density at radius 2 is 1.81 bits per heavy atom. The molecule has 5 nitrogen and oxygen atoms in total. The van der Waals surface area contributed by atoms with Gasteiger partial charge in [-0.25, -0.2) is 8.42 Å².